The van der Waals surface area contributed by atoms with Crippen LogP contribution in [0.2, 0.25) is 0 Å². The van der Waals surface area contributed by atoms with Crippen LogP contribution >= 0.6 is 0 Å². The van der Waals surface area contributed by atoms with Gasteiger partial charge in [0, 0.05) is 25.4 Å². The second-order valence-corrected chi connectivity index (χ2v) is 5.82. The van der Waals surface area contributed by atoms with Gasteiger partial charge in [-0.15, -0.1) is 5.10 Å². The first-order valence-corrected chi connectivity index (χ1v) is 6.54. The standard InChI is InChI=1S/C13H20FN3O2/c1-13(2,3)19-12(18)16-7-4-10(5-8-16)17-9-6-11(14)15-17/h6,9-10H,4-5,7-8H2,1-3H3. The van der Waals surface area contributed by atoms with Crippen molar-refractivity contribution in [3.05, 3.63) is 18.2 Å². The second kappa shape index (κ2) is 5.19. The Balaban J connectivity index is 1.87. The van der Waals surface area contributed by atoms with Crippen LogP contribution in [-0.4, -0.2) is 39.5 Å². The van der Waals surface area contributed by atoms with E-state index >= 15 is 0 Å². The van der Waals surface area contributed by atoms with Crippen LogP contribution in [0.1, 0.15) is 39.7 Å². The van der Waals surface area contributed by atoms with Gasteiger partial charge in [-0.2, -0.15) is 4.39 Å². The summed E-state index contributed by atoms with van der Waals surface area (Å²) >= 11 is 0. The van der Waals surface area contributed by atoms with Crippen LogP contribution in [0, 0.1) is 5.95 Å². The number of ether oxygens (including phenoxy) is 1. The molecule has 0 N–H and O–H groups in total. The van der Waals surface area contributed by atoms with Crippen molar-refractivity contribution in [3.63, 3.8) is 0 Å². The zero-order chi connectivity index (χ0) is 14.0. The van der Waals surface area contributed by atoms with Gasteiger partial charge in [-0.3, -0.25) is 4.68 Å². The van der Waals surface area contributed by atoms with E-state index in [1.54, 1.807) is 15.8 Å². The highest BCUT2D eigenvalue weighted by atomic mass is 19.1. The number of piperidine rings is 1. The van der Waals surface area contributed by atoms with E-state index in [4.69, 9.17) is 4.74 Å². The molecule has 0 saturated carbocycles. The lowest BCUT2D eigenvalue weighted by Crippen LogP contribution is -2.42. The highest BCUT2D eigenvalue weighted by Gasteiger charge is 2.27. The number of nitrogens with zero attached hydrogens (tertiary/aromatic N) is 3. The summed E-state index contributed by atoms with van der Waals surface area (Å²) in [5.74, 6) is -0.463. The first kappa shape index (κ1) is 13.8. The average Bonchev–Trinajstić information content (AvgIpc) is 2.74. The van der Waals surface area contributed by atoms with Crippen molar-refractivity contribution in [2.75, 3.05) is 13.1 Å². The molecule has 6 heteroatoms. The van der Waals surface area contributed by atoms with Gasteiger partial charge in [0.05, 0.1) is 6.04 Å². The zero-order valence-electron chi connectivity index (χ0n) is 11.6. The highest BCUT2D eigenvalue weighted by molar-refractivity contribution is 5.68. The van der Waals surface area contributed by atoms with Crippen molar-refractivity contribution in [3.8, 4) is 0 Å². The van der Waals surface area contributed by atoms with Crippen LogP contribution in [0.25, 0.3) is 0 Å². The maximum Gasteiger partial charge on any atom is 0.410 e. The maximum absolute atomic E-state index is 12.9. The molecule has 0 atom stereocenters. The number of carbonyl (C=O) groups is 1. The molecule has 1 saturated heterocycles. The van der Waals surface area contributed by atoms with Crippen LogP contribution in [0.4, 0.5) is 9.18 Å². The van der Waals surface area contributed by atoms with Crippen molar-refractivity contribution in [1.29, 1.82) is 0 Å². The summed E-state index contributed by atoms with van der Waals surface area (Å²) in [7, 11) is 0. The third-order valence-corrected chi connectivity index (χ3v) is 3.07. The van der Waals surface area contributed by atoms with Crippen molar-refractivity contribution >= 4 is 6.09 Å². The van der Waals surface area contributed by atoms with E-state index in [-0.39, 0.29) is 12.1 Å². The van der Waals surface area contributed by atoms with Crippen molar-refractivity contribution in [2.45, 2.75) is 45.3 Å². The molecule has 1 aromatic heterocycles. The molecule has 0 spiro atoms. The molecule has 0 aromatic carbocycles. The predicted molar refractivity (Wildman–Crippen MR) is 68.3 cm³/mol. The van der Waals surface area contributed by atoms with Gasteiger partial charge in [-0.1, -0.05) is 0 Å². The van der Waals surface area contributed by atoms with E-state index in [1.807, 2.05) is 20.8 Å². The van der Waals surface area contributed by atoms with Gasteiger partial charge < -0.3 is 9.64 Å². The minimum absolute atomic E-state index is 0.156. The largest absolute Gasteiger partial charge is 0.444 e. The Bertz CT molecular complexity index is 445. The molecule has 0 unspecified atom stereocenters. The third kappa shape index (κ3) is 3.68. The summed E-state index contributed by atoms with van der Waals surface area (Å²) < 4.78 is 19.8. The van der Waals surface area contributed by atoms with Crippen LogP contribution in [0.15, 0.2) is 12.3 Å². The van der Waals surface area contributed by atoms with E-state index in [2.05, 4.69) is 5.10 Å². The average molecular weight is 269 g/mol. The number of likely N-dealkylation sites (tertiary alicyclic amines) is 1. The SMILES string of the molecule is CC(C)(C)OC(=O)N1CCC(n2ccc(F)n2)CC1. The van der Waals surface area contributed by atoms with Crippen LogP contribution in [0.5, 0.6) is 0 Å². The lowest BCUT2D eigenvalue weighted by atomic mass is 10.1. The molecule has 106 valence electrons. The van der Waals surface area contributed by atoms with Crippen LogP contribution in [0.3, 0.4) is 0 Å². The number of hydrogen-bond acceptors (Lipinski definition) is 3. The Kier molecular flexibility index (Phi) is 3.78. The first-order valence-electron chi connectivity index (χ1n) is 6.54. The van der Waals surface area contributed by atoms with E-state index in [0.29, 0.717) is 13.1 Å². The molecule has 0 bridgehead atoms. The summed E-state index contributed by atoms with van der Waals surface area (Å²) in [6, 6.07) is 1.50. The van der Waals surface area contributed by atoms with Gasteiger partial charge in [-0.25, -0.2) is 4.79 Å². The van der Waals surface area contributed by atoms with Gasteiger partial charge in [0.25, 0.3) is 0 Å². The Morgan fingerprint density at radius 2 is 2.05 bits per heavy atom. The van der Waals surface area contributed by atoms with Gasteiger partial charge in [-0.05, 0) is 33.6 Å². The fraction of sp³-hybridized carbons (Fsp3) is 0.692. The molecule has 5 nitrogen and oxygen atoms in total. The molecule has 1 fully saturated rings. The number of carbonyl (C=O) groups excluding carboxylic acids is 1. The van der Waals surface area contributed by atoms with Crippen LogP contribution in [-0.2, 0) is 4.74 Å². The van der Waals surface area contributed by atoms with Crippen molar-refractivity contribution < 1.29 is 13.9 Å². The van der Waals surface area contributed by atoms with Gasteiger partial charge in [0.2, 0.25) is 5.95 Å². The third-order valence-electron chi connectivity index (χ3n) is 3.07. The minimum Gasteiger partial charge on any atom is -0.444 e. The van der Waals surface area contributed by atoms with Gasteiger partial charge >= 0.3 is 6.09 Å². The number of aromatic nitrogens is 2. The summed E-state index contributed by atoms with van der Waals surface area (Å²) in [5, 5.41) is 3.78. The van der Waals surface area contributed by atoms with E-state index in [9.17, 15) is 9.18 Å². The fourth-order valence-electron chi connectivity index (χ4n) is 2.16. The van der Waals surface area contributed by atoms with Crippen molar-refractivity contribution in [2.24, 2.45) is 0 Å². The number of amides is 1. The minimum atomic E-state index is -0.473. The lowest BCUT2D eigenvalue weighted by molar-refractivity contribution is 0.0184. The molecule has 2 rings (SSSR count). The molecule has 1 aromatic rings. The number of halogens is 1. The molecule has 1 aliphatic rings. The zero-order valence-corrected chi connectivity index (χ0v) is 11.6. The Labute approximate surface area is 112 Å². The Morgan fingerprint density at radius 3 is 2.53 bits per heavy atom. The van der Waals surface area contributed by atoms with E-state index in [0.717, 1.165) is 12.8 Å². The van der Waals surface area contributed by atoms with E-state index < -0.39 is 11.5 Å². The van der Waals surface area contributed by atoms with Gasteiger partial charge in [0.1, 0.15) is 5.60 Å². The highest BCUT2D eigenvalue weighted by Crippen LogP contribution is 2.23. The molecule has 19 heavy (non-hydrogen) atoms. The molecule has 1 aliphatic heterocycles. The summed E-state index contributed by atoms with van der Waals surface area (Å²) in [4.78, 5) is 13.6. The quantitative estimate of drug-likeness (QED) is 0.787. The molecular weight excluding hydrogens is 249 g/mol. The summed E-state index contributed by atoms with van der Waals surface area (Å²) in [6.45, 7) is 6.78. The smallest absolute Gasteiger partial charge is 0.410 e. The molecule has 0 aliphatic carbocycles. The Hall–Kier alpha value is -1.59. The molecular formula is C13H20FN3O2. The topological polar surface area (TPSA) is 47.4 Å². The van der Waals surface area contributed by atoms with E-state index in [1.165, 1.54) is 6.07 Å². The molecule has 2 heterocycles. The Morgan fingerprint density at radius 1 is 1.42 bits per heavy atom. The first-order chi connectivity index (χ1) is 8.85. The summed E-state index contributed by atoms with van der Waals surface area (Å²) in [5.41, 5.74) is -0.473. The maximum atomic E-state index is 12.9. The second-order valence-electron chi connectivity index (χ2n) is 5.82. The summed E-state index contributed by atoms with van der Waals surface area (Å²) in [6.07, 6.45) is 2.89. The molecule has 1 amide bonds. The fourth-order valence-corrected chi connectivity index (χ4v) is 2.16. The normalized spacial score (nSPS) is 17.6. The predicted octanol–water partition coefficient (Wildman–Crippen LogP) is 2.59. The monoisotopic (exact) mass is 269 g/mol. The lowest BCUT2D eigenvalue weighted by Gasteiger charge is -2.33. The molecule has 0 radical (unpaired) electrons. The van der Waals surface area contributed by atoms with Crippen LogP contribution < -0.4 is 0 Å². The van der Waals surface area contributed by atoms with Gasteiger partial charge in [0.15, 0.2) is 0 Å². The van der Waals surface area contributed by atoms with Crippen molar-refractivity contribution in [1.82, 2.24) is 14.7 Å². The number of hydrogen-bond donors (Lipinski definition) is 0. The number of rotatable bonds is 1.